The molecule has 0 amide bonds. The van der Waals surface area contributed by atoms with Crippen molar-refractivity contribution in [3.8, 4) is 0 Å². The SMILES string of the molecule is Cc1cccc(N(C)CC(C)C(N)=S)c1. The Kier molecular flexibility index (Phi) is 4.09. The van der Waals surface area contributed by atoms with E-state index in [1.165, 1.54) is 11.3 Å². The zero-order valence-corrected chi connectivity index (χ0v) is 10.3. The summed E-state index contributed by atoms with van der Waals surface area (Å²) < 4.78 is 0. The number of thiocarbonyl (C=S) groups is 1. The van der Waals surface area contributed by atoms with Crippen molar-refractivity contribution in [2.24, 2.45) is 11.7 Å². The van der Waals surface area contributed by atoms with E-state index >= 15 is 0 Å². The fourth-order valence-corrected chi connectivity index (χ4v) is 1.55. The molecule has 0 spiro atoms. The minimum absolute atomic E-state index is 0.241. The van der Waals surface area contributed by atoms with Gasteiger partial charge in [0.25, 0.3) is 0 Å². The highest BCUT2D eigenvalue weighted by Gasteiger charge is 2.09. The summed E-state index contributed by atoms with van der Waals surface area (Å²) in [6.45, 7) is 5.00. The number of hydrogen-bond donors (Lipinski definition) is 1. The van der Waals surface area contributed by atoms with Gasteiger partial charge < -0.3 is 10.6 Å². The van der Waals surface area contributed by atoms with Gasteiger partial charge in [-0.05, 0) is 24.6 Å². The molecule has 1 atom stereocenters. The van der Waals surface area contributed by atoms with Crippen LogP contribution >= 0.6 is 12.2 Å². The van der Waals surface area contributed by atoms with E-state index in [0.29, 0.717) is 4.99 Å². The fraction of sp³-hybridized carbons (Fsp3) is 0.417. The molecule has 0 aliphatic rings. The molecule has 1 unspecified atom stereocenters. The number of rotatable bonds is 4. The lowest BCUT2D eigenvalue weighted by Gasteiger charge is -2.23. The first-order chi connectivity index (χ1) is 7.00. The maximum absolute atomic E-state index is 5.60. The molecule has 15 heavy (non-hydrogen) atoms. The van der Waals surface area contributed by atoms with Crippen molar-refractivity contribution in [3.63, 3.8) is 0 Å². The first kappa shape index (κ1) is 12.0. The standard InChI is InChI=1S/C12H18N2S/c1-9-5-4-6-11(7-9)14(3)8-10(2)12(13)15/h4-7,10H,8H2,1-3H3,(H2,13,15). The molecule has 2 nitrogen and oxygen atoms in total. The average molecular weight is 222 g/mol. The average Bonchev–Trinajstić information content (AvgIpc) is 2.17. The summed E-state index contributed by atoms with van der Waals surface area (Å²) in [7, 11) is 2.06. The minimum atomic E-state index is 0.241. The van der Waals surface area contributed by atoms with Gasteiger partial charge in [-0.25, -0.2) is 0 Å². The molecule has 2 N–H and O–H groups in total. The lowest BCUT2D eigenvalue weighted by Crippen LogP contribution is -2.31. The number of nitrogens with zero attached hydrogens (tertiary/aromatic N) is 1. The first-order valence-corrected chi connectivity index (χ1v) is 5.48. The Hall–Kier alpha value is -1.09. The molecule has 3 heteroatoms. The fourth-order valence-electron chi connectivity index (χ4n) is 1.47. The van der Waals surface area contributed by atoms with Gasteiger partial charge >= 0.3 is 0 Å². The third kappa shape index (κ3) is 3.51. The summed E-state index contributed by atoms with van der Waals surface area (Å²) in [4.78, 5) is 2.76. The van der Waals surface area contributed by atoms with E-state index in [1.807, 2.05) is 0 Å². The van der Waals surface area contributed by atoms with E-state index in [4.69, 9.17) is 18.0 Å². The van der Waals surface area contributed by atoms with Crippen molar-refractivity contribution < 1.29 is 0 Å². The van der Waals surface area contributed by atoms with Crippen molar-refractivity contribution >= 4 is 22.9 Å². The number of anilines is 1. The van der Waals surface area contributed by atoms with Gasteiger partial charge in [-0.15, -0.1) is 0 Å². The van der Waals surface area contributed by atoms with Crippen LogP contribution in [0.1, 0.15) is 12.5 Å². The largest absolute Gasteiger partial charge is 0.393 e. The normalized spacial score (nSPS) is 12.2. The van der Waals surface area contributed by atoms with Crippen LogP contribution in [0.25, 0.3) is 0 Å². The molecule has 0 aliphatic heterocycles. The highest BCUT2D eigenvalue weighted by Crippen LogP contribution is 2.15. The van der Waals surface area contributed by atoms with E-state index in [9.17, 15) is 0 Å². The third-order valence-corrected chi connectivity index (χ3v) is 2.88. The molecule has 0 heterocycles. The van der Waals surface area contributed by atoms with Gasteiger partial charge in [0.2, 0.25) is 0 Å². The molecule has 82 valence electrons. The van der Waals surface area contributed by atoms with Crippen LogP contribution < -0.4 is 10.6 Å². The van der Waals surface area contributed by atoms with Crippen LogP contribution in [0, 0.1) is 12.8 Å². The molecule has 1 aromatic rings. The monoisotopic (exact) mass is 222 g/mol. The van der Waals surface area contributed by atoms with Crippen LogP contribution in [0.4, 0.5) is 5.69 Å². The van der Waals surface area contributed by atoms with Gasteiger partial charge in [-0.2, -0.15) is 0 Å². The minimum Gasteiger partial charge on any atom is -0.393 e. The van der Waals surface area contributed by atoms with Gasteiger partial charge in [0, 0.05) is 25.2 Å². The summed E-state index contributed by atoms with van der Waals surface area (Å²) in [6.07, 6.45) is 0. The Morgan fingerprint density at radius 1 is 1.53 bits per heavy atom. The van der Waals surface area contributed by atoms with Gasteiger partial charge in [0.1, 0.15) is 0 Å². The highest BCUT2D eigenvalue weighted by molar-refractivity contribution is 7.80. The lowest BCUT2D eigenvalue weighted by molar-refractivity contribution is 0.742. The predicted octanol–water partition coefficient (Wildman–Crippen LogP) is 2.35. The van der Waals surface area contributed by atoms with Crippen LogP contribution in [-0.4, -0.2) is 18.6 Å². The maximum atomic E-state index is 5.60. The zero-order valence-electron chi connectivity index (χ0n) is 9.53. The highest BCUT2D eigenvalue weighted by atomic mass is 32.1. The smallest absolute Gasteiger partial charge is 0.0773 e. The molecule has 1 aromatic carbocycles. The quantitative estimate of drug-likeness (QED) is 0.793. The Morgan fingerprint density at radius 2 is 2.20 bits per heavy atom. The third-order valence-electron chi connectivity index (χ3n) is 2.48. The summed E-state index contributed by atoms with van der Waals surface area (Å²) in [5, 5.41) is 0. The van der Waals surface area contributed by atoms with E-state index in [-0.39, 0.29) is 5.92 Å². The second-order valence-corrected chi connectivity index (χ2v) is 4.49. The second-order valence-electron chi connectivity index (χ2n) is 4.02. The molecule has 0 saturated carbocycles. The Labute approximate surface area is 97.1 Å². The lowest BCUT2D eigenvalue weighted by atomic mass is 10.1. The van der Waals surface area contributed by atoms with Gasteiger partial charge in [0.15, 0.2) is 0 Å². The van der Waals surface area contributed by atoms with Crippen LogP contribution in [0.15, 0.2) is 24.3 Å². The van der Waals surface area contributed by atoms with Crippen molar-refractivity contribution in [1.82, 2.24) is 0 Å². The van der Waals surface area contributed by atoms with Gasteiger partial charge in [-0.1, -0.05) is 31.3 Å². The van der Waals surface area contributed by atoms with Crippen LogP contribution in [0.2, 0.25) is 0 Å². The summed E-state index contributed by atoms with van der Waals surface area (Å²) in [5.74, 6) is 0.241. The summed E-state index contributed by atoms with van der Waals surface area (Å²) >= 11 is 4.96. The van der Waals surface area contributed by atoms with Crippen LogP contribution in [-0.2, 0) is 0 Å². The number of hydrogen-bond acceptors (Lipinski definition) is 2. The summed E-state index contributed by atoms with van der Waals surface area (Å²) in [6, 6.07) is 8.41. The molecule has 0 saturated heterocycles. The number of nitrogens with two attached hydrogens (primary N) is 1. The number of aryl methyl sites for hydroxylation is 1. The van der Waals surface area contributed by atoms with Crippen molar-refractivity contribution in [2.45, 2.75) is 13.8 Å². The Balaban J connectivity index is 2.68. The molecule has 0 bridgehead atoms. The molecular weight excluding hydrogens is 204 g/mol. The Bertz CT molecular complexity index is 349. The van der Waals surface area contributed by atoms with Crippen LogP contribution in [0.3, 0.4) is 0 Å². The van der Waals surface area contributed by atoms with Gasteiger partial charge in [0.05, 0.1) is 4.99 Å². The van der Waals surface area contributed by atoms with E-state index < -0.39 is 0 Å². The summed E-state index contributed by atoms with van der Waals surface area (Å²) in [5.41, 5.74) is 8.07. The predicted molar refractivity (Wildman–Crippen MR) is 70.4 cm³/mol. The Morgan fingerprint density at radius 3 is 2.73 bits per heavy atom. The molecular formula is C12H18N2S. The van der Waals surface area contributed by atoms with Crippen molar-refractivity contribution in [1.29, 1.82) is 0 Å². The van der Waals surface area contributed by atoms with E-state index in [0.717, 1.165) is 6.54 Å². The molecule has 1 rings (SSSR count). The first-order valence-electron chi connectivity index (χ1n) is 5.08. The molecule has 0 aliphatic carbocycles. The maximum Gasteiger partial charge on any atom is 0.0773 e. The molecule has 0 radical (unpaired) electrons. The number of benzene rings is 1. The zero-order chi connectivity index (χ0) is 11.4. The van der Waals surface area contributed by atoms with Gasteiger partial charge in [-0.3, -0.25) is 0 Å². The van der Waals surface area contributed by atoms with Crippen molar-refractivity contribution in [2.75, 3.05) is 18.5 Å². The van der Waals surface area contributed by atoms with E-state index in [2.05, 4.69) is 50.1 Å². The van der Waals surface area contributed by atoms with Crippen LogP contribution in [0.5, 0.6) is 0 Å². The second kappa shape index (κ2) is 5.12. The van der Waals surface area contributed by atoms with E-state index in [1.54, 1.807) is 0 Å². The topological polar surface area (TPSA) is 29.3 Å². The van der Waals surface area contributed by atoms with Crippen molar-refractivity contribution in [3.05, 3.63) is 29.8 Å². The molecule has 0 fully saturated rings. The molecule has 0 aromatic heterocycles.